The van der Waals surface area contributed by atoms with E-state index in [9.17, 15) is 9.18 Å². The number of hydrogen-bond donors (Lipinski definition) is 2. The van der Waals surface area contributed by atoms with E-state index < -0.39 is 0 Å². The highest BCUT2D eigenvalue weighted by Gasteiger charge is 2.23. The maximum atomic E-state index is 13.1. The molecule has 1 fully saturated rings. The number of carbonyl (C=O) groups excluding carboxylic acids is 1. The Labute approximate surface area is 131 Å². The van der Waals surface area contributed by atoms with Gasteiger partial charge in [-0.3, -0.25) is 4.79 Å². The SMILES string of the molecule is CC(CCc1cccc(F)c1)C(=O)NC1CCC(CO)CC1. The molecule has 2 rings (SSSR count). The summed E-state index contributed by atoms with van der Waals surface area (Å²) >= 11 is 0. The molecule has 0 heterocycles. The first-order valence-electron chi connectivity index (χ1n) is 8.24. The topological polar surface area (TPSA) is 49.3 Å². The zero-order valence-corrected chi connectivity index (χ0v) is 13.2. The predicted octanol–water partition coefficient (Wildman–Crippen LogP) is 3.06. The Balaban J connectivity index is 1.73. The third kappa shape index (κ3) is 5.09. The molecule has 0 radical (unpaired) electrons. The predicted molar refractivity (Wildman–Crippen MR) is 84.9 cm³/mol. The van der Waals surface area contributed by atoms with Crippen LogP contribution in [-0.4, -0.2) is 23.7 Å². The van der Waals surface area contributed by atoms with Crippen LogP contribution < -0.4 is 5.32 Å². The lowest BCUT2D eigenvalue weighted by Gasteiger charge is -2.28. The first kappa shape index (κ1) is 16.9. The van der Waals surface area contributed by atoms with Crippen molar-refractivity contribution in [2.24, 2.45) is 11.8 Å². The van der Waals surface area contributed by atoms with Crippen LogP contribution in [0.5, 0.6) is 0 Å². The van der Waals surface area contributed by atoms with Crippen LogP contribution in [0.25, 0.3) is 0 Å². The summed E-state index contributed by atoms with van der Waals surface area (Å²) in [5, 5.41) is 12.2. The molecule has 1 aliphatic rings. The monoisotopic (exact) mass is 307 g/mol. The van der Waals surface area contributed by atoms with Gasteiger partial charge in [-0.1, -0.05) is 19.1 Å². The zero-order valence-electron chi connectivity index (χ0n) is 13.2. The number of carbonyl (C=O) groups is 1. The van der Waals surface area contributed by atoms with Gasteiger partial charge in [0.15, 0.2) is 0 Å². The third-order valence-electron chi connectivity index (χ3n) is 4.65. The molecule has 1 aliphatic carbocycles. The van der Waals surface area contributed by atoms with Crippen LogP contribution in [0.2, 0.25) is 0 Å². The highest BCUT2D eigenvalue weighted by molar-refractivity contribution is 5.78. The van der Waals surface area contributed by atoms with E-state index in [0.717, 1.165) is 37.7 Å². The largest absolute Gasteiger partial charge is 0.396 e. The number of amides is 1. The fraction of sp³-hybridized carbons (Fsp3) is 0.611. The van der Waals surface area contributed by atoms with E-state index in [4.69, 9.17) is 5.11 Å². The van der Waals surface area contributed by atoms with Gasteiger partial charge in [0.05, 0.1) is 0 Å². The van der Waals surface area contributed by atoms with Crippen molar-refractivity contribution in [1.82, 2.24) is 5.32 Å². The van der Waals surface area contributed by atoms with Gasteiger partial charge in [0.2, 0.25) is 5.91 Å². The Morgan fingerprint density at radius 2 is 2.09 bits per heavy atom. The number of aliphatic hydroxyl groups excluding tert-OH is 1. The van der Waals surface area contributed by atoms with Crippen molar-refractivity contribution in [2.45, 2.75) is 51.5 Å². The summed E-state index contributed by atoms with van der Waals surface area (Å²) in [4.78, 5) is 12.2. The van der Waals surface area contributed by atoms with Gasteiger partial charge in [-0.25, -0.2) is 4.39 Å². The molecule has 0 aromatic heterocycles. The molecule has 1 unspecified atom stereocenters. The molecule has 0 spiro atoms. The van der Waals surface area contributed by atoms with Gasteiger partial charge >= 0.3 is 0 Å². The molecule has 22 heavy (non-hydrogen) atoms. The van der Waals surface area contributed by atoms with Gasteiger partial charge in [-0.15, -0.1) is 0 Å². The van der Waals surface area contributed by atoms with Gasteiger partial charge in [0.1, 0.15) is 5.82 Å². The fourth-order valence-electron chi connectivity index (χ4n) is 3.04. The highest BCUT2D eigenvalue weighted by atomic mass is 19.1. The van der Waals surface area contributed by atoms with Crippen LogP contribution in [0.1, 0.15) is 44.6 Å². The summed E-state index contributed by atoms with van der Waals surface area (Å²) in [6, 6.07) is 6.80. The number of rotatable bonds is 6. The first-order chi connectivity index (χ1) is 10.6. The second kappa shape index (κ2) is 8.28. The highest BCUT2D eigenvalue weighted by Crippen LogP contribution is 2.24. The quantitative estimate of drug-likeness (QED) is 0.848. The van der Waals surface area contributed by atoms with E-state index in [1.165, 1.54) is 12.1 Å². The molecule has 0 aliphatic heterocycles. The molecule has 122 valence electrons. The normalized spacial score (nSPS) is 23.0. The molecular formula is C18H26FNO2. The van der Waals surface area contributed by atoms with Crippen molar-refractivity contribution in [3.63, 3.8) is 0 Å². The number of halogens is 1. The molecule has 1 saturated carbocycles. The molecule has 0 bridgehead atoms. The molecule has 1 atom stereocenters. The Morgan fingerprint density at radius 1 is 1.36 bits per heavy atom. The summed E-state index contributed by atoms with van der Waals surface area (Å²) in [7, 11) is 0. The van der Waals surface area contributed by atoms with E-state index in [2.05, 4.69) is 5.32 Å². The molecule has 1 amide bonds. The van der Waals surface area contributed by atoms with Crippen LogP contribution in [0, 0.1) is 17.7 Å². The Kier molecular flexibility index (Phi) is 6.37. The van der Waals surface area contributed by atoms with Gasteiger partial charge in [-0.05, 0) is 62.1 Å². The van der Waals surface area contributed by atoms with Crippen LogP contribution in [0.15, 0.2) is 24.3 Å². The fourth-order valence-corrected chi connectivity index (χ4v) is 3.04. The molecule has 3 nitrogen and oxygen atoms in total. The minimum absolute atomic E-state index is 0.0705. The third-order valence-corrected chi connectivity index (χ3v) is 4.65. The number of nitrogens with one attached hydrogen (secondary N) is 1. The lowest BCUT2D eigenvalue weighted by Crippen LogP contribution is -2.40. The van der Waals surface area contributed by atoms with Crippen LogP contribution in [0.3, 0.4) is 0 Å². The average Bonchev–Trinajstić information content (AvgIpc) is 2.53. The summed E-state index contributed by atoms with van der Waals surface area (Å²) in [6.07, 6.45) is 5.31. The molecular weight excluding hydrogens is 281 g/mol. The van der Waals surface area contributed by atoms with Gasteiger partial charge in [0, 0.05) is 18.6 Å². The van der Waals surface area contributed by atoms with Crippen molar-refractivity contribution in [3.8, 4) is 0 Å². The standard InChI is InChI=1S/C18H26FNO2/c1-13(5-6-14-3-2-4-16(19)11-14)18(22)20-17-9-7-15(12-21)8-10-17/h2-4,11,13,15,17,21H,5-10,12H2,1H3,(H,20,22). The van der Waals surface area contributed by atoms with E-state index in [-0.39, 0.29) is 30.3 Å². The van der Waals surface area contributed by atoms with Crippen molar-refractivity contribution in [3.05, 3.63) is 35.6 Å². The van der Waals surface area contributed by atoms with Crippen molar-refractivity contribution >= 4 is 5.91 Å². The Hall–Kier alpha value is -1.42. The molecule has 1 aromatic carbocycles. The van der Waals surface area contributed by atoms with Crippen molar-refractivity contribution in [1.29, 1.82) is 0 Å². The number of aryl methyl sites for hydroxylation is 1. The van der Waals surface area contributed by atoms with E-state index in [0.29, 0.717) is 12.3 Å². The summed E-state index contributed by atoms with van der Waals surface area (Å²) in [5.74, 6) is 0.191. The van der Waals surface area contributed by atoms with E-state index in [1.807, 2.05) is 13.0 Å². The first-order valence-corrected chi connectivity index (χ1v) is 8.24. The maximum Gasteiger partial charge on any atom is 0.223 e. The Morgan fingerprint density at radius 3 is 2.73 bits per heavy atom. The van der Waals surface area contributed by atoms with E-state index in [1.54, 1.807) is 6.07 Å². The average molecular weight is 307 g/mol. The molecule has 1 aromatic rings. The molecule has 4 heteroatoms. The summed E-state index contributed by atoms with van der Waals surface area (Å²) in [6.45, 7) is 2.18. The van der Waals surface area contributed by atoms with Crippen LogP contribution in [0.4, 0.5) is 4.39 Å². The lowest BCUT2D eigenvalue weighted by molar-refractivity contribution is -0.125. The van der Waals surface area contributed by atoms with Crippen molar-refractivity contribution in [2.75, 3.05) is 6.61 Å². The van der Waals surface area contributed by atoms with Gasteiger partial charge in [0.25, 0.3) is 0 Å². The molecule has 0 saturated heterocycles. The van der Waals surface area contributed by atoms with E-state index >= 15 is 0 Å². The lowest BCUT2D eigenvalue weighted by atomic mass is 9.86. The zero-order chi connectivity index (χ0) is 15.9. The van der Waals surface area contributed by atoms with Crippen LogP contribution >= 0.6 is 0 Å². The maximum absolute atomic E-state index is 13.1. The Bertz CT molecular complexity index is 484. The minimum atomic E-state index is -0.227. The second-order valence-corrected chi connectivity index (χ2v) is 6.48. The number of aliphatic hydroxyl groups is 1. The van der Waals surface area contributed by atoms with Gasteiger partial charge in [-0.2, -0.15) is 0 Å². The summed E-state index contributed by atoms with van der Waals surface area (Å²) < 4.78 is 13.1. The van der Waals surface area contributed by atoms with Crippen LogP contribution in [-0.2, 0) is 11.2 Å². The number of benzene rings is 1. The second-order valence-electron chi connectivity index (χ2n) is 6.48. The molecule has 2 N–H and O–H groups in total. The smallest absolute Gasteiger partial charge is 0.223 e. The van der Waals surface area contributed by atoms with Gasteiger partial charge < -0.3 is 10.4 Å². The summed E-state index contributed by atoms with van der Waals surface area (Å²) in [5.41, 5.74) is 0.933. The van der Waals surface area contributed by atoms with Crippen molar-refractivity contribution < 1.29 is 14.3 Å². The number of hydrogen-bond acceptors (Lipinski definition) is 2. The minimum Gasteiger partial charge on any atom is -0.396 e.